The maximum absolute atomic E-state index is 12.2. The highest BCUT2D eigenvalue weighted by molar-refractivity contribution is 6.34. The van der Waals surface area contributed by atoms with Gasteiger partial charge in [0.05, 0.1) is 59.9 Å². The molecule has 0 atom stereocenters. The molecule has 17 heteroatoms. The van der Waals surface area contributed by atoms with E-state index in [0.29, 0.717) is 92.4 Å². The third-order valence-electron chi connectivity index (χ3n) is 12.1. The maximum atomic E-state index is 12.2. The quantitative estimate of drug-likeness (QED) is 0.122. The van der Waals surface area contributed by atoms with Gasteiger partial charge in [-0.15, -0.1) is 0 Å². The molecule has 4 aromatic carbocycles. The maximum Gasteiger partial charge on any atom is 0.251 e. The van der Waals surface area contributed by atoms with Gasteiger partial charge in [0.15, 0.2) is 0 Å². The molecule has 2 aliphatic heterocycles. The molecule has 2 aliphatic rings. The van der Waals surface area contributed by atoms with Gasteiger partial charge in [0.2, 0.25) is 11.9 Å². The summed E-state index contributed by atoms with van der Waals surface area (Å²) in [7, 11) is 5.65. The molecule has 4 aromatic heterocycles. The summed E-state index contributed by atoms with van der Waals surface area (Å²) in [5.41, 5.74) is 10.8. The van der Waals surface area contributed by atoms with Crippen molar-refractivity contribution >= 4 is 74.5 Å². The molecule has 2 fully saturated rings. The number of amides is 1. The van der Waals surface area contributed by atoms with E-state index in [1.165, 1.54) is 0 Å². The smallest absolute Gasteiger partial charge is 0.251 e. The fourth-order valence-electron chi connectivity index (χ4n) is 8.28. The molecule has 1 amide bonds. The molecule has 330 valence electrons. The van der Waals surface area contributed by atoms with E-state index in [9.17, 15) is 4.79 Å². The minimum absolute atomic E-state index is 0.153. The van der Waals surface area contributed by atoms with Crippen molar-refractivity contribution in [3.63, 3.8) is 0 Å². The number of aromatic nitrogens is 8. The lowest BCUT2D eigenvalue weighted by Crippen LogP contribution is -2.37. The van der Waals surface area contributed by atoms with Crippen molar-refractivity contribution in [3.8, 4) is 33.6 Å². The van der Waals surface area contributed by atoms with E-state index < -0.39 is 0 Å². The van der Waals surface area contributed by atoms with Crippen molar-refractivity contribution in [1.29, 1.82) is 0 Å². The van der Waals surface area contributed by atoms with Crippen LogP contribution >= 0.6 is 11.6 Å². The Hall–Kier alpha value is -7.14. The van der Waals surface area contributed by atoms with Crippen LogP contribution in [-0.2, 0) is 23.6 Å². The molecule has 0 aliphatic carbocycles. The third kappa shape index (κ3) is 8.38. The van der Waals surface area contributed by atoms with Crippen LogP contribution in [0.3, 0.4) is 0 Å². The van der Waals surface area contributed by atoms with Crippen molar-refractivity contribution in [3.05, 3.63) is 107 Å². The minimum atomic E-state index is -0.153. The van der Waals surface area contributed by atoms with E-state index in [2.05, 4.69) is 59.1 Å². The Morgan fingerprint density at radius 2 is 1.17 bits per heavy atom. The zero-order chi connectivity index (χ0) is 44.8. The zero-order valence-corrected chi connectivity index (χ0v) is 37.6. The third-order valence-corrected chi connectivity index (χ3v) is 12.4. The summed E-state index contributed by atoms with van der Waals surface area (Å²) in [5.74, 6) is 4.09. The van der Waals surface area contributed by atoms with Crippen molar-refractivity contribution in [2.75, 3.05) is 80.1 Å². The highest BCUT2D eigenvalue weighted by Crippen LogP contribution is 2.40. The lowest BCUT2D eigenvalue weighted by atomic mass is 9.99. The van der Waals surface area contributed by atoms with Crippen LogP contribution in [0, 0.1) is 13.8 Å². The number of aryl methyl sites for hydroxylation is 4. The number of fused-ring (bicyclic) bond motifs is 2. The molecule has 2 saturated heterocycles. The van der Waals surface area contributed by atoms with E-state index in [0.717, 1.165) is 73.0 Å². The fourth-order valence-corrected chi connectivity index (χ4v) is 8.50. The molecule has 8 aromatic rings. The first-order valence-electron chi connectivity index (χ1n) is 21.6. The van der Waals surface area contributed by atoms with Crippen LogP contribution in [0.1, 0.15) is 22.0 Å². The zero-order valence-electron chi connectivity index (χ0n) is 36.8. The first-order valence-corrected chi connectivity index (χ1v) is 22.0. The highest BCUT2D eigenvalue weighted by Gasteiger charge is 2.22. The Morgan fingerprint density at radius 1 is 0.600 bits per heavy atom. The first kappa shape index (κ1) is 41.8. The summed E-state index contributed by atoms with van der Waals surface area (Å²) in [5, 5.41) is 10.3. The summed E-state index contributed by atoms with van der Waals surface area (Å²) in [6, 6.07) is 27.5. The molecule has 65 heavy (non-hydrogen) atoms. The number of ether oxygens (including phenoxy) is 2. The van der Waals surface area contributed by atoms with Gasteiger partial charge in [-0.1, -0.05) is 17.7 Å². The minimum Gasteiger partial charge on any atom is -0.378 e. The number of benzene rings is 4. The van der Waals surface area contributed by atoms with Gasteiger partial charge in [0.1, 0.15) is 23.3 Å². The SMILES string of the molecule is CNC(=O)c1ccc(Nc2cc(-c3cc(-c4cc(Nc5cc(-c6ccc7nc(C)n(C)c7c6)nc(N6CCOCC6)n5)ccc4Cl)c4nc(C)n(C)c4c3)nc(N3CCOCC3)n2)cc1. The Bertz CT molecular complexity index is 3100. The molecular weight excluding hydrogens is 842 g/mol. The van der Waals surface area contributed by atoms with E-state index in [1.807, 2.05) is 76.5 Å². The molecule has 3 N–H and O–H groups in total. The molecule has 16 nitrogen and oxygen atoms in total. The van der Waals surface area contributed by atoms with Gasteiger partial charge in [-0.3, -0.25) is 4.79 Å². The number of halogens is 1. The van der Waals surface area contributed by atoms with Gasteiger partial charge in [0, 0.05) is 104 Å². The van der Waals surface area contributed by atoms with Gasteiger partial charge in [0.25, 0.3) is 5.91 Å². The number of carbonyl (C=O) groups excluding carboxylic acids is 1. The highest BCUT2D eigenvalue weighted by atomic mass is 35.5. The van der Waals surface area contributed by atoms with E-state index in [4.69, 9.17) is 51.0 Å². The number of hydrogen-bond acceptors (Lipinski definition) is 13. The normalized spacial score (nSPS) is 14.3. The molecule has 10 rings (SSSR count). The molecule has 0 radical (unpaired) electrons. The topological polar surface area (TPSA) is 165 Å². The lowest BCUT2D eigenvalue weighted by molar-refractivity contribution is 0.0963. The standard InChI is InChI=1S/C48H48ClN13O3/c1-28-51-38-13-8-31(23-41(38)59(28)4)39-26-44(58-47(55-39)61-14-18-64-19-15-61)54-34-11-12-37(49)35(25-34)36-22-32(24-42-45(36)52-29(2)60(42)5)40-27-43(57-48(56-40)62-16-20-65-21-17-62)53-33-9-6-30(7-10-33)46(63)50-3/h6-13,22-27H,14-21H2,1-5H3,(H,50,63)(H,53,56,57)(H,54,55,58). The Labute approximate surface area is 380 Å². The molecule has 0 unspecified atom stereocenters. The number of imidazole rings is 2. The van der Waals surface area contributed by atoms with E-state index in [1.54, 1.807) is 19.2 Å². The number of rotatable bonds is 10. The fraction of sp³-hybridized carbons (Fsp3) is 0.271. The summed E-state index contributed by atoms with van der Waals surface area (Å²) >= 11 is 7.16. The molecule has 0 saturated carbocycles. The number of nitrogens with one attached hydrogen (secondary N) is 3. The second kappa shape index (κ2) is 17.4. The molecule has 6 heterocycles. The van der Waals surface area contributed by atoms with Crippen molar-refractivity contribution in [1.82, 2.24) is 44.4 Å². The number of morpholine rings is 2. The van der Waals surface area contributed by atoms with Gasteiger partial charge in [-0.05, 0) is 80.6 Å². The summed E-state index contributed by atoms with van der Waals surface area (Å²) in [4.78, 5) is 46.5. The Kier molecular flexibility index (Phi) is 11.2. The van der Waals surface area contributed by atoms with Crippen molar-refractivity contribution in [2.45, 2.75) is 13.8 Å². The lowest BCUT2D eigenvalue weighted by Gasteiger charge is -2.27. The summed E-state index contributed by atoms with van der Waals surface area (Å²) in [6.45, 7) is 9.06. The predicted octanol–water partition coefficient (Wildman–Crippen LogP) is 7.83. The van der Waals surface area contributed by atoms with Crippen LogP contribution in [0.5, 0.6) is 0 Å². The van der Waals surface area contributed by atoms with Crippen LogP contribution in [0.2, 0.25) is 5.02 Å². The number of anilines is 6. The van der Waals surface area contributed by atoms with E-state index >= 15 is 0 Å². The second-order valence-corrected chi connectivity index (χ2v) is 16.6. The largest absolute Gasteiger partial charge is 0.378 e. The van der Waals surface area contributed by atoms with E-state index in [-0.39, 0.29) is 5.91 Å². The average Bonchev–Trinajstić information content (AvgIpc) is 3.80. The summed E-state index contributed by atoms with van der Waals surface area (Å²) in [6.07, 6.45) is 0. The molecular formula is C48H48ClN13O3. The number of nitrogens with zero attached hydrogens (tertiary/aromatic N) is 10. The Balaban J connectivity index is 1.05. The average molecular weight is 890 g/mol. The van der Waals surface area contributed by atoms with Crippen LogP contribution in [-0.4, -0.2) is 105 Å². The van der Waals surface area contributed by atoms with Crippen LogP contribution < -0.4 is 25.8 Å². The van der Waals surface area contributed by atoms with Crippen LogP contribution in [0.25, 0.3) is 55.7 Å². The van der Waals surface area contributed by atoms with Gasteiger partial charge in [-0.25, -0.2) is 19.9 Å². The first-order chi connectivity index (χ1) is 31.6. The van der Waals surface area contributed by atoms with Crippen molar-refractivity contribution in [2.24, 2.45) is 14.1 Å². The van der Waals surface area contributed by atoms with Gasteiger partial charge >= 0.3 is 0 Å². The van der Waals surface area contributed by atoms with Gasteiger partial charge in [-0.2, -0.15) is 9.97 Å². The predicted molar refractivity (Wildman–Crippen MR) is 256 cm³/mol. The van der Waals surface area contributed by atoms with Crippen molar-refractivity contribution < 1.29 is 14.3 Å². The van der Waals surface area contributed by atoms with Crippen LogP contribution in [0.15, 0.2) is 84.9 Å². The monoisotopic (exact) mass is 889 g/mol. The van der Waals surface area contributed by atoms with Gasteiger partial charge < -0.3 is 44.4 Å². The second-order valence-electron chi connectivity index (χ2n) is 16.2. The summed E-state index contributed by atoms with van der Waals surface area (Å²) < 4.78 is 15.5. The molecule has 0 bridgehead atoms. The molecule has 0 spiro atoms. The Morgan fingerprint density at radius 3 is 1.82 bits per heavy atom. The van der Waals surface area contributed by atoms with Crippen LogP contribution in [0.4, 0.5) is 34.9 Å². The number of hydrogen-bond donors (Lipinski definition) is 3. The number of carbonyl (C=O) groups is 1.